The van der Waals surface area contributed by atoms with Gasteiger partial charge in [-0.05, 0) is 17.7 Å². The molecule has 0 aliphatic carbocycles. The van der Waals surface area contributed by atoms with Gasteiger partial charge in [0.1, 0.15) is 0 Å². The lowest BCUT2D eigenvalue weighted by atomic mass is 10.0. The minimum absolute atomic E-state index is 0.0169. The fraction of sp³-hybridized carbons (Fsp3) is 0.300. The molecule has 0 saturated carbocycles. The molecule has 1 aliphatic rings. The summed E-state index contributed by atoms with van der Waals surface area (Å²) in [7, 11) is 0. The molecular formula is C20H21ClN4O2. The summed E-state index contributed by atoms with van der Waals surface area (Å²) in [5.74, 6) is -0.197. The standard InChI is InChI=1S/C20H21ClN4O2/c21-16-7-3-1-5-14(16)18(25-9-11-27-12-10-25)13-22-20(26)19-15-6-2-4-8-17(15)23-24-19/h1-8,18H,9-13H2,(H,22,26)(H,23,24). The topological polar surface area (TPSA) is 70.2 Å². The lowest BCUT2D eigenvalue weighted by Crippen LogP contribution is -2.44. The first-order valence-corrected chi connectivity index (χ1v) is 9.39. The van der Waals surface area contributed by atoms with E-state index in [1.807, 2.05) is 48.5 Å². The van der Waals surface area contributed by atoms with Crippen molar-refractivity contribution >= 4 is 28.4 Å². The molecule has 0 radical (unpaired) electrons. The summed E-state index contributed by atoms with van der Waals surface area (Å²) in [5.41, 5.74) is 2.26. The van der Waals surface area contributed by atoms with Gasteiger partial charge in [-0.3, -0.25) is 14.8 Å². The average Bonchev–Trinajstić information content (AvgIpc) is 3.14. The second-order valence-electron chi connectivity index (χ2n) is 6.51. The lowest BCUT2D eigenvalue weighted by Gasteiger charge is -2.35. The van der Waals surface area contributed by atoms with Crippen LogP contribution in [0.4, 0.5) is 0 Å². The highest BCUT2D eigenvalue weighted by Crippen LogP contribution is 2.28. The van der Waals surface area contributed by atoms with Crippen molar-refractivity contribution in [3.8, 4) is 0 Å². The fourth-order valence-electron chi connectivity index (χ4n) is 3.48. The number of rotatable bonds is 5. The molecule has 6 nitrogen and oxygen atoms in total. The van der Waals surface area contributed by atoms with Gasteiger partial charge in [-0.15, -0.1) is 0 Å². The van der Waals surface area contributed by atoms with Crippen molar-refractivity contribution in [1.82, 2.24) is 20.4 Å². The van der Waals surface area contributed by atoms with Gasteiger partial charge in [0.2, 0.25) is 0 Å². The van der Waals surface area contributed by atoms with Gasteiger partial charge in [-0.25, -0.2) is 0 Å². The average molecular weight is 385 g/mol. The molecule has 2 N–H and O–H groups in total. The van der Waals surface area contributed by atoms with E-state index in [1.165, 1.54) is 0 Å². The summed E-state index contributed by atoms with van der Waals surface area (Å²) in [5, 5.41) is 11.6. The molecule has 0 bridgehead atoms. The van der Waals surface area contributed by atoms with Crippen molar-refractivity contribution in [2.24, 2.45) is 0 Å². The Morgan fingerprint density at radius 3 is 2.74 bits per heavy atom. The molecule has 1 fully saturated rings. The van der Waals surface area contributed by atoms with Crippen LogP contribution >= 0.6 is 11.6 Å². The Hall–Kier alpha value is -2.41. The van der Waals surface area contributed by atoms with Crippen LogP contribution in [-0.2, 0) is 4.74 Å². The van der Waals surface area contributed by atoms with Crippen LogP contribution in [-0.4, -0.2) is 53.9 Å². The van der Waals surface area contributed by atoms with Crippen LogP contribution in [0.2, 0.25) is 5.02 Å². The molecule has 4 rings (SSSR count). The van der Waals surface area contributed by atoms with Crippen LogP contribution in [0, 0.1) is 0 Å². The zero-order valence-corrected chi connectivity index (χ0v) is 15.6. The molecule has 0 spiro atoms. The Morgan fingerprint density at radius 2 is 1.93 bits per heavy atom. The van der Waals surface area contributed by atoms with Crippen LogP contribution in [0.1, 0.15) is 22.1 Å². The molecule has 140 valence electrons. The van der Waals surface area contributed by atoms with E-state index in [2.05, 4.69) is 20.4 Å². The third-order valence-corrected chi connectivity index (χ3v) is 5.24. The van der Waals surface area contributed by atoms with E-state index in [4.69, 9.17) is 16.3 Å². The van der Waals surface area contributed by atoms with Gasteiger partial charge in [-0.1, -0.05) is 48.0 Å². The van der Waals surface area contributed by atoms with Gasteiger partial charge in [-0.2, -0.15) is 5.10 Å². The number of hydrogen-bond acceptors (Lipinski definition) is 4. The SMILES string of the molecule is O=C(NCC(c1ccccc1Cl)N1CCOCC1)c1n[nH]c2ccccc12. The number of aromatic nitrogens is 2. The number of morpholine rings is 1. The van der Waals surface area contributed by atoms with E-state index in [1.54, 1.807) is 0 Å². The highest BCUT2D eigenvalue weighted by atomic mass is 35.5. The minimum Gasteiger partial charge on any atom is -0.379 e. The first-order valence-electron chi connectivity index (χ1n) is 9.01. The van der Waals surface area contributed by atoms with Crippen molar-refractivity contribution in [3.63, 3.8) is 0 Å². The largest absolute Gasteiger partial charge is 0.379 e. The number of carbonyl (C=O) groups excluding carboxylic acids is 1. The second kappa shape index (κ2) is 8.08. The van der Waals surface area contributed by atoms with Crippen molar-refractivity contribution in [2.45, 2.75) is 6.04 Å². The van der Waals surface area contributed by atoms with E-state index in [9.17, 15) is 4.79 Å². The summed E-state index contributed by atoms with van der Waals surface area (Å²) < 4.78 is 5.47. The van der Waals surface area contributed by atoms with E-state index in [-0.39, 0.29) is 11.9 Å². The number of carbonyl (C=O) groups is 1. The molecule has 1 aliphatic heterocycles. The highest BCUT2D eigenvalue weighted by molar-refractivity contribution is 6.31. The van der Waals surface area contributed by atoms with Crippen LogP contribution in [0.5, 0.6) is 0 Å². The van der Waals surface area contributed by atoms with Crippen LogP contribution < -0.4 is 5.32 Å². The maximum absolute atomic E-state index is 12.8. The maximum atomic E-state index is 12.8. The summed E-state index contributed by atoms with van der Waals surface area (Å²) in [4.78, 5) is 15.1. The molecule has 1 amide bonds. The Morgan fingerprint density at radius 1 is 1.19 bits per heavy atom. The number of H-pyrrole nitrogens is 1. The van der Waals surface area contributed by atoms with Gasteiger partial charge >= 0.3 is 0 Å². The van der Waals surface area contributed by atoms with E-state index in [0.29, 0.717) is 30.5 Å². The molecule has 1 aromatic heterocycles. The Kier molecular flexibility index (Phi) is 5.38. The first-order chi connectivity index (χ1) is 13.2. The van der Waals surface area contributed by atoms with Gasteiger partial charge in [0.05, 0.1) is 24.8 Å². The number of para-hydroxylation sites is 1. The third kappa shape index (κ3) is 3.83. The van der Waals surface area contributed by atoms with Crippen LogP contribution in [0.15, 0.2) is 48.5 Å². The summed E-state index contributed by atoms with van der Waals surface area (Å²) in [6.07, 6.45) is 0. The third-order valence-electron chi connectivity index (χ3n) is 4.89. The van der Waals surface area contributed by atoms with Gasteiger partial charge in [0.15, 0.2) is 5.69 Å². The number of nitrogens with zero attached hydrogens (tertiary/aromatic N) is 2. The molecule has 1 unspecified atom stereocenters. The number of halogens is 1. The maximum Gasteiger partial charge on any atom is 0.272 e. The number of fused-ring (bicyclic) bond motifs is 1. The van der Waals surface area contributed by atoms with E-state index >= 15 is 0 Å². The fourth-order valence-corrected chi connectivity index (χ4v) is 3.74. The van der Waals surface area contributed by atoms with Crippen molar-refractivity contribution in [2.75, 3.05) is 32.8 Å². The molecule has 3 aromatic rings. The number of nitrogens with one attached hydrogen (secondary N) is 2. The van der Waals surface area contributed by atoms with Crippen molar-refractivity contribution in [3.05, 3.63) is 64.8 Å². The van der Waals surface area contributed by atoms with Gasteiger partial charge < -0.3 is 10.1 Å². The quantitative estimate of drug-likeness (QED) is 0.709. The highest BCUT2D eigenvalue weighted by Gasteiger charge is 2.25. The summed E-state index contributed by atoms with van der Waals surface area (Å²) in [6, 6.07) is 15.4. The molecule has 2 heterocycles. The zero-order chi connectivity index (χ0) is 18.6. The molecule has 1 saturated heterocycles. The molecule has 7 heteroatoms. The summed E-state index contributed by atoms with van der Waals surface area (Å²) >= 11 is 6.44. The van der Waals surface area contributed by atoms with Crippen LogP contribution in [0.3, 0.4) is 0 Å². The number of hydrogen-bond donors (Lipinski definition) is 2. The monoisotopic (exact) mass is 384 g/mol. The number of aromatic amines is 1. The Bertz CT molecular complexity index is 936. The normalized spacial score (nSPS) is 16.3. The molecule has 2 aromatic carbocycles. The number of ether oxygens (including phenoxy) is 1. The van der Waals surface area contributed by atoms with Crippen molar-refractivity contribution < 1.29 is 9.53 Å². The zero-order valence-electron chi connectivity index (χ0n) is 14.8. The lowest BCUT2D eigenvalue weighted by molar-refractivity contribution is 0.0162. The van der Waals surface area contributed by atoms with E-state index < -0.39 is 0 Å². The van der Waals surface area contributed by atoms with Gasteiger partial charge in [0.25, 0.3) is 5.91 Å². The molecule has 1 atom stereocenters. The number of benzene rings is 2. The minimum atomic E-state index is -0.197. The van der Waals surface area contributed by atoms with E-state index in [0.717, 1.165) is 29.6 Å². The van der Waals surface area contributed by atoms with Gasteiger partial charge in [0, 0.05) is 30.0 Å². The molecular weight excluding hydrogens is 364 g/mol. The number of amides is 1. The van der Waals surface area contributed by atoms with Crippen LogP contribution in [0.25, 0.3) is 10.9 Å². The Balaban J connectivity index is 1.54. The molecule has 27 heavy (non-hydrogen) atoms. The predicted octanol–water partition coefficient (Wildman–Crippen LogP) is 3.02. The summed E-state index contributed by atoms with van der Waals surface area (Å²) in [6.45, 7) is 3.41. The smallest absolute Gasteiger partial charge is 0.272 e. The first kappa shape index (κ1) is 18.0. The second-order valence-corrected chi connectivity index (χ2v) is 6.92. The van der Waals surface area contributed by atoms with Crippen molar-refractivity contribution in [1.29, 1.82) is 0 Å². The Labute approximate surface area is 162 Å². The predicted molar refractivity (Wildman–Crippen MR) is 105 cm³/mol.